The molecule has 0 spiro atoms. The number of aliphatic hydroxyl groups is 1. The Labute approximate surface area is 95.8 Å². The molecule has 2 fully saturated rings. The third-order valence-corrected chi connectivity index (χ3v) is 3.06. The van der Waals surface area contributed by atoms with Crippen molar-refractivity contribution >= 4 is 6.09 Å². The molecule has 2 aliphatic heterocycles. The number of fused-ring (bicyclic) bond motifs is 1. The highest BCUT2D eigenvalue weighted by Crippen LogP contribution is 2.27. The maximum Gasteiger partial charge on any atom is 0.410 e. The van der Waals surface area contributed by atoms with Crippen LogP contribution in [0.1, 0.15) is 27.2 Å². The van der Waals surface area contributed by atoms with Crippen LogP contribution in [0, 0.1) is 0 Å². The van der Waals surface area contributed by atoms with Crippen LogP contribution in [0.3, 0.4) is 0 Å². The molecule has 3 atom stereocenters. The predicted octanol–water partition coefficient (Wildman–Crippen LogP) is 0.328. The quantitative estimate of drug-likeness (QED) is 0.627. The van der Waals surface area contributed by atoms with Crippen molar-refractivity contribution in [1.82, 2.24) is 10.2 Å². The van der Waals surface area contributed by atoms with Gasteiger partial charge in [-0.1, -0.05) is 0 Å². The maximum absolute atomic E-state index is 11.9. The van der Waals surface area contributed by atoms with Gasteiger partial charge < -0.3 is 20.1 Å². The van der Waals surface area contributed by atoms with Gasteiger partial charge in [-0.25, -0.2) is 4.79 Å². The van der Waals surface area contributed by atoms with Crippen molar-refractivity contribution in [1.29, 1.82) is 0 Å². The van der Waals surface area contributed by atoms with Crippen LogP contribution in [-0.4, -0.2) is 53.0 Å². The largest absolute Gasteiger partial charge is 0.444 e. The number of amides is 1. The molecule has 16 heavy (non-hydrogen) atoms. The van der Waals surface area contributed by atoms with Gasteiger partial charge in [-0.3, -0.25) is 0 Å². The van der Waals surface area contributed by atoms with Gasteiger partial charge >= 0.3 is 6.09 Å². The van der Waals surface area contributed by atoms with Gasteiger partial charge in [0.15, 0.2) is 0 Å². The lowest BCUT2D eigenvalue weighted by Gasteiger charge is -2.27. The average molecular weight is 228 g/mol. The van der Waals surface area contributed by atoms with Gasteiger partial charge in [0.2, 0.25) is 0 Å². The Bertz CT molecular complexity index is 287. The summed E-state index contributed by atoms with van der Waals surface area (Å²) in [5.41, 5.74) is -0.480. The van der Waals surface area contributed by atoms with Crippen molar-refractivity contribution in [3.8, 4) is 0 Å². The number of β-amino-alcohol motifs (C(OH)–C–C–N with tert-alkyl or cyclic N) is 1. The first-order valence-electron chi connectivity index (χ1n) is 5.79. The van der Waals surface area contributed by atoms with E-state index in [9.17, 15) is 9.90 Å². The Morgan fingerprint density at radius 1 is 1.50 bits per heavy atom. The molecule has 2 heterocycles. The fraction of sp³-hybridized carbons (Fsp3) is 0.909. The van der Waals surface area contributed by atoms with Gasteiger partial charge in [0.25, 0.3) is 0 Å². The van der Waals surface area contributed by atoms with Crippen LogP contribution < -0.4 is 5.32 Å². The highest BCUT2D eigenvalue weighted by atomic mass is 16.6. The monoisotopic (exact) mass is 228 g/mol. The van der Waals surface area contributed by atoms with Crippen LogP contribution in [0.2, 0.25) is 0 Å². The fourth-order valence-corrected chi connectivity index (χ4v) is 2.44. The highest BCUT2D eigenvalue weighted by Gasteiger charge is 2.46. The molecule has 5 nitrogen and oxygen atoms in total. The zero-order chi connectivity index (χ0) is 11.9. The zero-order valence-corrected chi connectivity index (χ0v) is 10.1. The summed E-state index contributed by atoms with van der Waals surface area (Å²) in [7, 11) is 0. The van der Waals surface area contributed by atoms with E-state index in [1.165, 1.54) is 0 Å². The van der Waals surface area contributed by atoms with Crippen LogP contribution in [0.15, 0.2) is 0 Å². The lowest BCUT2D eigenvalue weighted by Crippen LogP contribution is -2.41. The van der Waals surface area contributed by atoms with Gasteiger partial charge in [0, 0.05) is 0 Å². The van der Waals surface area contributed by atoms with Gasteiger partial charge in [0.05, 0.1) is 24.7 Å². The van der Waals surface area contributed by atoms with Crippen molar-refractivity contribution in [2.24, 2.45) is 0 Å². The van der Waals surface area contributed by atoms with E-state index in [4.69, 9.17) is 4.74 Å². The van der Waals surface area contributed by atoms with Crippen molar-refractivity contribution in [3.63, 3.8) is 0 Å². The smallest absolute Gasteiger partial charge is 0.410 e. The first-order valence-corrected chi connectivity index (χ1v) is 5.79. The van der Waals surface area contributed by atoms with Gasteiger partial charge in [0.1, 0.15) is 5.60 Å². The lowest BCUT2D eigenvalue weighted by molar-refractivity contribution is 0.0209. The molecule has 0 aromatic rings. The summed E-state index contributed by atoms with van der Waals surface area (Å²) >= 11 is 0. The van der Waals surface area contributed by atoms with E-state index in [2.05, 4.69) is 5.32 Å². The number of aliphatic hydroxyl groups excluding tert-OH is 1. The molecule has 0 aromatic carbocycles. The minimum atomic E-state index is -0.480. The minimum absolute atomic E-state index is 0.0209. The molecule has 0 aliphatic carbocycles. The van der Waals surface area contributed by atoms with E-state index in [-0.39, 0.29) is 18.2 Å². The van der Waals surface area contributed by atoms with Crippen LogP contribution >= 0.6 is 0 Å². The highest BCUT2D eigenvalue weighted by molar-refractivity contribution is 5.69. The van der Waals surface area contributed by atoms with E-state index in [1.807, 2.05) is 20.8 Å². The normalized spacial score (nSPS) is 34.0. The molecule has 2 N–H and O–H groups in total. The Morgan fingerprint density at radius 3 is 2.81 bits per heavy atom. The second-order valence-electron chi connectivity index (χ2n) is 5.54. The SMILES string of the molecule is CC(C)(C)OC(=O)N1C[C@H](O)[C@H]2NCC[C@H]21. The number of hydrogen-bond acceptors (Lipinski definition) is 4. The molecule has 5 heteroatoms. The topological polar surface area (TPSA) is 61.8 Å². The second kappa shape index (κ2) is 3.89. The van der Waals surface area contributed by atoms with Gasteiger partial charge in [-0.15, -0.1) is 0 Å². The number of carbonyl (C=O) groups excluding carboxylic acids is 1. The predicted molar refractivity (Wildman–Crippen MR) is 59.1 cm³/mol. The average Bonchev–Trinajstić information content (AvgIpc) is 2.66. The number of hydrogen-bond donors (Lipinski definition) is 2. The van der Waals surface area contributed by atoms with E-state index in [1.54, 1.807) is 4.90 Å². The first-order chi connectivity index (χ1) is 7.38. The number of nitrogens with one attached hydrogen (secondary N) is 1. The van der Waals surface area contributed by atoms with Gasteiger partial charge in [-0.2, -0.15) is 0 Å². The van der Waals surface area contributed by atoms with Crippen molar-refractivity contribution in [2.45, 2.75) is 51.0 Å². The number of rotatable bonds is 0. The van der Waals surface area contributed by atoms with Gasteiger partial charge in [-0.05, 0) is 33.7 Å². The van der Waals surface area contributed by atoms with Crippen LogP contribution in [0.25, 0.3) is 0 Å². The third-order valence-electron chi connectivity index (χ3n) is 3.06. The zero-order valence-electron chi connectivity index (χ0n) is 10.1. The van der Waals surface area contributed by atoms with Crippen LogP contribution in [-0.2, 0) is 4.74 Å². The van der Waals surface area contributed by atoms with Crippen LogP contribution in [0.5, 0.6) is 0 Å². The molecular formula is C11H20N2O3. The standard InChI is InChI=1S/C11H20N2O3/c1-11(2,3)16-10(15)13-6-8(14)9-7(13)4-5-12-9/h7-9,12,14H,4-6H2,1-3H3/t7-,8+,9+/m1/s1. The molecular weight excluding hydrogens is 208 g/mol. The molecule has 2 rings (SSSR count). The Morgan fingerprint density at radius 2 is 2.19 bits per heavy atom. The number of ether oxygens (including phenoxy) is 1. The van der Waals surface area contributed by atoms with E-state index < -0.39 is 11.7 Å². The van der Waals surface area contributed by atoms with E-state index in [0.717, 1.165) is 13.0 Å². The van der Waals surface area contributed by atoms with Crippen molar-refractivity contribution in [2.75, 3.05) is 13.1 Å². The number of carbonyl (C=O) groups is 1. The summed E-state index contributed by atoms with van der Waals surface area (Å²) in [6.45, 7) is 6.77. The molecule has 1 amide bonds. The Balaban J connectivity index is 2.02. The Hall–Kier alpha value is -0.810. The number of nitrogens with zero attached hydrogens (tertiary/aromatic N) is 1. The summed E-state index contributed by atoms with van der Waals surface area (Å²) < 4.78 is 5.33. The van der Waals surface area contributed by atoms with Crippen molar-refractivity contribution < 1.29 is 14.6 Å². The number of likely N-dealkylation sites (tertiary alicyclic amines) is 1. The van der Waals surface area contributed by atoms with E-state index >= 15 is 0 Å². The molecule has 92 valence electrons. The van der Waals surface area contributed by atoms with E-state index in [0.29, 0.717) is 6.54 Å². The molecule has 2 saturated heterocycles. The third kappa shape index (κ3) is 2.15. The fourth-order valence-electron chi connectivity index (χ4n) is 2.44. The summed E-state index contributed by atoms with van der Waals surface area (Å²) in [6, 6.07) is 0.109. The second-order valence-corrected chi connectivity index (χ2v) is 5.54. The molecule has 0 bridgehead atoms. The molecule has 0 aromatic heterocycles. The summed E-state index contributed by atoms with van der Waals surface area (Å²) in [4.78, 5) is 13.6. The first kappa shape index (κ1) is 11.7. The summed E-state index contributed by atoms with van der Waals surface area (Å²) in [5.74, 6) is 0. The lowest BCUT2D eigenvalue weighted by atomic mass is 10.1. The summed E-state index contributed by atoms with van der Waals surface area (Å²) in [6.07, 6.45) is 0.101. The molecule has 0 saturated carbocycles. The summed E-state index contributed by atoms with van der Waals surface area (Å²) in [5, 5.41) is 13.0. The van der Waals surface area contributed by atoms with Crippen LogP contribution in [0.4, 0.5) is 4.79 Å². The minimum Gasteiger partial charge on any atom is -0.444 e. The van der Waals surface area contributed by atoms with Crippen molar-refractivity contribution in [3.05, 3.63) is 0 Å². The Kier molecular flexibility index (Phi) is 2.84. The molecule has 0 radical (unpaired) electrons. The maximum atomic E-state index is 11.9. The molecule has 2 aliphatic rings. The molecule has 0 unspecified atom stereocenters.